The van der Waals surface area contributed by atoms with Crippen LogP contribution in [-0.4, -0.2) is 15.0 Å². The quantitative estimate of drug-likeness (QED) is 0.169. The van der Waals surface area contributed by atoms with E-state index >= 15 is 0 Å². The summed E-state index contributed by atoms with van der Waals surface area (Å²) in [5.74, 6) is 0. The molecule has 0 aliphatic heterocycles. The second kappa shape index (κ2) is 13.5. The van der Waals surface area contributed by atoms with Gasteiger partial charge in [-0.1, -0.05) is 65.0 Å². The summed E-state index contributed by atoms with van der Waals surface area (Å²) in [4.78, 5) is 13.9. The Hall–Kier alpha value is -4.44. The van der Waals surface area contributed by atoms with Crippen LogP contribution in [0.2, 0.25) is 0 Å². The smallest absolute Gasteiger partial charge is 0.216 e. The Labute approximate surface area is 271 Å². The van der Waals surface area contributed by atoms with Crippen LogP contribution in [0.5, 0.6) is 0 Å². The Morgan fingerprint density at radius 2 is 1.55 bits per heavy atom. The molecule has 0 bridgehead atoms. The summed E-state index contributed by atoms with van der Waals surface area (Å²) in [7, 11) is 0. The van der Waals surface area contributed by atoms with Crippen molar-refractivity contribution in [2.75, 3.05) is 0 Å². The molecule has 5 heteroatoms. The number of pyridine rings is 3. The Bertz CT molecular complexity index is 2000. The minimum atomic E-state index is 0. The predicted molar refractivity (Wildman–Crippen MR) is 173 cm³/mol. The zero-order chi connectivity index (χ0) is 29.0. The van der Waals surface area contributed by atoms with Crippen molar-refractivity contribution in [3.05, 3.63) is 150 Å². The van der Waals surface area contributed by atoms with E-state index in [1.807, 2.05) is 61.8 Å². The fourth-order valence-electron chi connectivity index (χ4n) is 5.68. The summed E-state index contributed by atoms with van der Waals surface area (Å²) in [5.41, 5.74) is 11.6. The molecule has 219 valence electrons. The molecule has 4 aromatic heterocycles. The first kappa shape index (κ1) is 29.6. The first-order valence-corrected chi connectivity index (χ1v) is 14.9. The number of hydrogen-bond acceptors (Lipinski definition) is 4. The third-order valence-corrected chi connectivity index (χ3v) is 7.96. The molecule has 1 aliphatic carbocycles. The van der Waals surface area contributed by atoms with Crippen molar-refractivity contribution >= 4 is 22.1 Å². The first-order chi connectivity index (χ1) is 21.2. The Morgan fingerprint density at radius 1 is 0.727 bits per heavy atom. The maximum Gasteiger partial charge on any atom is 0.216 e. The summed E-state index contributed by atoms with van der Waals surface area (Å²) in [6.07, 6.45) is 9.48. The fourth-order valence-corrected chi connectivity index (χ4v) is 5.68. The molecule has 1 aliphatic rings. The molecule has 4 nitrogen and oxygen atoms in total. The Kier molecular flexibility index (Phi) is 9.07. The molecule has 8 rings (SSSR count). The zero-order valence-electron chi connectivity index (χ0n) is 24.5. The number of aromatic nitrogens is 3. The van der Waals surface area contributed by atoms with Crippen molar-refractivity contribution in [3.8, 4) is 22.5 Å². The van der Waals surface area contributed by atoms with Crippen LogP contribution < -0.4 is 0 Å². The van der Waals surface area contributed by atoms with Gasteiger partial charge in [-0.3, -0.25) is 0 Å². The van der Waals surface area contributed by atoms with Gasteiger partial charge < -0.3 is 14.4 Å². The van der Waals surface area contributed by atoms with E-state index in [-0.39, 0.29) is 20.1 Å². The topological polar surface area (TPSA) is 51.8 Å². The van der Waals surface area contributed by atoms with Gasteiger partial charge in [0, 0.05) is 50.0 Å². The van der Waals surface area contributed by atoms with E-state index in [0.29, 0.717) is 5.71 Å². The third kappa shape index (κ3) is 6.40. The molecule has 3 aromatic carbocycles. The number of nitrogens with zero attached hydrogens (tertiary/aromatic N) is 3. The number of rotatable bonds is 4. The standard InChI is InChI=1S/C27H21N2O.C12H10N.Ir/c1-2-7-18(8-3-1)15-21-13-14-23-22-11-6-12-24(26(22)30-27(23)29-21)25-16-19-9-4-5-10-20(19)17-28-25;1-10-7-8-12(13-9-10)11-5-3-2-4-6-11;/h1-3,6-8,11,13-14,16-17H,4-5,9-10,15H2;2-5,7-9H,1H3;/q2*-1;. The average molecular weight is 750 g/mol. The molecule has 1 radical (unpaired) electrons. The monoisotopic (exact) mass is 750 g/mol. The van der Waals surface area contributed by atoms with Crippen molar-refractivity contribution in [1.29, 1.82) is 0 Å². The van der Waals surface area contributed by atoms with Gasteiger partial charge in [-0.2, -0.15) is 0 Å². The number of fused-ring (bicyclic) bond motifs is 4. The van der Waals surface area contributed by atoms with Crippen LogP contribution in [0.25, 0.3) is 44.6 Å². The number of hydrogen-bond donors (Lipinski definition) is 0. The number of benzene rings is 3. The summed E-state index contributed by atoms with van der Waals surface area (Å²) < 4.78 is 6.28. The molecule has 0 saturated carbocycles. The number of furan rings is 1. The van der Waals surface area contributed by atoms with Gasteiger partial charge in [0.05, 0.1) is 5.58 Å². The predicted octanol–water partition coefficient (Wildman–Crippen LogP) is 9.17. The zero-order valence-corrected chi connectivity index (χ0v) is 26.9. The molecule has 4 heterocycles. The van der Waals surface area contributed by atoms with Gasteiger partial charge >= 0.3 is 0 Å². The van der Waals surface area contributed by atoms with Gasteiger partial charge in [0.2, 0.25) is 5.71 Å². The molecular weight excluding hydrogens is 719 g/mol. The van der Waals surface area contributed by atoms with E-state index in [0.717, 1.165) is 63.8 Å². The molecule has 0 saturated heterocycles. The van der Waals surface area contributed by atoms with Crippen LogP contribution >= 0.6 is 0 Å². The van der Waals surface area contributed by atoms with Crippen LogP contribution in [0.15, 0.2) is 114 Å². The summed E-state index contributed by atoms with van der Waals surface area (Å²) in [5, 5.41) is 2.10. The normalized spacial score (nSPS) is 12.2. The maximum absolute atomic E-state index is 6.28. The molecule has 0 unspecified atom stereocenters. The van der Waals surface area contributed by atoms with E-state index < -0.39 is 0 Å². The number of aryl methyl sites for hydroxylation is 3. The summed E-state index contributed by atoms with van der Waals surface area (Å²) in [6.45, 7) is 2.03. The molecule has 0 spiro atoms. The molecule has 0 atom stereocenters. The second-order valence-corrected chi connectivity index (χ2v) is 11.1. The van der Waals surface area contributed by atoms with Crippen molar-refractivity contribution in [2.45, 2.75) is 39.0 Å². The van der Waals surface area contributed by atoms with Gasteiger partial charge in [-0.15, -0.1) is 54.1 Å². The van der Waals surface area contributed by atoms with Crippen molar-refractivity contribution in [3.63, 3.8) is 0 Å². The van der Waals surface area contributed by atoms with Crippen molar-refractivity contribution in [1.82, 2.24) is 15.0 Å². The van der Waals surface area contributed by atoms with Gasteiger partial charge in [0.25, 0.3) is 0 Å². The fraction of sp³-hybridized carbons (Fsp3) is 0.154. The van der Waals surface area contributed by atoms with Crippen molar-refractivity contribution < 1.29 is 24.5 Å². The van der Waals surface area contributed by atoms with E-state index in [1.165, 1.54) is 35.1 Å². The van der Waals surface area contributed by atoms with E-state index in [4.69, 9.17) is 14.4 Å². The van der Waals surface area contributed by atoms with Crippen LogP contribution in [0.1, 0.15) is 40.8 Å². The minimum Gasteiger partial charge on any atom is -0.486 e. The van der Waals surface area contributed by atoms with Crippen LogP contribution in [0.3, 0.4) is 0 Å². The second-order valence-electron chi connectivity index (χ2n) is 11.1. The summed E-state index contributed by atoms with van der Waals surface area (Å²) in [6, 6.07) is 39.3. The third-order valence-electron chi connectivity index (χ3n) is 7.96. The van der Waals surface area contributed by atoms with Crippen molar-refractivity contribution in [2.24, 2.45) is 0 Å². The Morgan fingerprint density at radius 3 is 2.34 bits per heavy atom. The molecule has 0 fully saturated rings. The minimum absolute atomic E-state index is 0. The molecular formula is C39H31IrN3O-2. The van der Waals surface area contributed by atoms with Gasteiger partial charge in [0.15, 0.2) is 0 Å². The van der Waals surface area contributed by atoms with E-state index in [9.17, 15) is 0 Å². The van der Waals surface area contributed by atoms with Gasteiger partial charge in [-0.05, 0) is 72.8 Å². The van der Waals surface area contributed by atoms with Crippen LogP contribution in [0.4, 0.5) is 0 Å². The maximum atomic E-state index is 6.28. The molecule has 44 heavy (non-hydrogen) atoms. The summed E-state index contributed by atoms with van der Waals surface area (Å²) >= 11 is 0. The molecule has 7 aromatic rings. The van der Waals surface area contributed by atoms with E-state index in [1.54, 1.807) is 0 Å². The largest absolute Gasteiger partial charge is 0.486 e. The SMILES string of the molecule is Cc1ccc(-c2[c-]cccc2)nc1.[Ir].[c-]1ccc2c(oc3nc(Cc4ccccc4)ccc32)c1-c1cc2c(cn1)CCCC2. The first-order valence-electron chi connectivity index (χ1n) is 14.9. The molecule has 0 N–H and O–H groups in total. The molecule has 0 amide bonds. The average Bonchev–Trinajstić information content (AvgIpc) is 3.44. The van der Waals surface area contributed by atoms with Crippen LogP contribution in [0, 0.1) is 19.1 Å². The van der Waals surface area contributed by atoms with E-state index in [2.05, 4.69) is 71.7 Å². The Balaban J connectivity index is 0.000000207. The van der Waals surface area contributed by atoms with Gasteiger partial charge in [-0.25, -0.2) is 4.98 Å². The van der Waals surface area contributed by atoms with Gasteiger partial charge in [0.1, 0.15) is 0 Å². The van der Waals surface area contributed by atoms with Crippen LogP contribution in [-0.2, 0) is 39.4 Å².